The summed E-state index contributed by atoms with van der Waals surface area (Å²) in [6, 6.07) is 18.6. The fourth-order valence-corrected chi connectivity index (χ4v) is 4.29. The van der Waals surface area contributed by atoms with Crippen LogP contribution < -0.4 is 4.90 Å². The minimum absolute atomic E-state index is 0.125. The van der Waals surface area contributed by atoms with Crippen LogP contribution >= 0.6 is 0 Å². The number of aromatic nitrogens is 2. The molecule has 5 nitrogen and oxygen atoms in total. The molecule has 0 saturated heterocycles. The van der Waals surface area contributed by atoms with Crippen LogP contribution in [0.25, 0.3) is 11.0 Å². The lowest BCUT2D eigenvalue weighted by Gasteiger charge is -2.29. The van der Waals surface area contributed by atoms with Crippen molar-refractivity contribution in [2.24, 2.45) is 0 Å². The highest BCUT2D eigenvalue weighted by Crippen LogP contribution is 2.36. The first-order valence-corrected chi connectivity index (χ1v) is 9.13. The molecule has 5 heteroatoms. The molecule has 3 aromatic rings. The summed E-state index contributed by atoms with van der Waals surface area (Å²) in [6.07, 6.45) is 2.61. The average Bonchev–Trinajstić information content (AvgIpc) is 3.20. The molecule has 2 aliphatic heterocycles. The minimum atomic E-state index is -0.518. The van der Waals surface area contributed by atoms with Crippen LogP contribution in [-0.2, 0) is 6.42 Å². The zero-order valence-electron chi connectivity index (χ0n) is 15.0. The second kappa shape index (κ2) is 5.82. The van der Waals surface area contributed by atoms with Gasteiger partial charge in [-0.3, -0.25) is 9.36 Å². The van der Waals surface area contributed by atoms with Crippen molar-refractivity contribution >= 4 is 22.6 Å². The third kappa shape index (κ3) is 2.30. The molecule has 27 heavy (non-hydrogen) atoms. The van der Waals surface area contributed by atoms with Gasteiger partial charge >= 0.3 is 0 Å². The minimum Gasteiger partial charge on any atom is -0.364 e. The first-order valence-electron chi connectivity index (χ1n) is 9.13. The van der Waals surface area contributed by atoms with Crippen LogP contribution in [0.5, 0.6) is 0 Å². The molecule has 0 aliphatic carbocycles. The number of allylic oxidation sites excluding steroid dienone is 1. The van der Waals surface area contributed by atoms with Crippen LogP contribution in [0, 0.1) is 11.3 Å². The van der Waals surface area contributed by atoms with Crippen LogP contribution in [0.15, 0.2) is 60.2 Å². The van der Waals surface area contributed by atoms with Crippen molar-refractivity contribution in [3.05, 3.63) is 71.6 Å². The molecule has 132 valence electrons. The van der Waals surface area contributed by atoms with Crippen molar-refractivity contribution in [3.63, 3.8) is 0 Å². The maximum Gasteiger partial charge on any atom is 0.256 e. The van der Waals surface area contributed by atoms with Gasteiger partial charge in [-0.25, -0.2) is 4.98 Å². The second-order valence-corrected chi connectivity index (χ2v) is 7.22. The van der Waals surface area contributed by atoms with Gasteiger partial charge in [0.25, 0.3) is 5.91 Å². The van der Waals surface area contributed by atoms with Gasteiger partial charge in [0.1, 0.15) is 11.7 Å². The van der Waals surface area contributed by atoms with Crippen molar-refractivity contribution in [2.45, 2.75) is 25.3 Å². The number of rotatable bonds is 2. The fraction of sp³-hybridized carbons (Fsp3) is 0.227. The SMILES string of the molecule is C[C@H]1Cc2ccccc2N1CC1=CC(=O)n2c(nc3ccccc32)[C@H]1C#N. The molecule has 5 rings (SSSR count). The van der Waals surface area contributed by atoms with E-state index in [-0.39, 0.29) is 5.91 Å². The molecule has 0 saturated carbocycles. The van der Waals surface area contributed by atoms with Gasteiger partial charge in [0, 0.05) is 24.4 Å². The van der Waals surface area contributed by atoms with E-state index in [1.165, 1.54) is 11.3 Å². The molecule has 2 aliphatic rings. The Morgan fingerprint density at radius 1 is 1.19 bits per heavy atom. The lowest BCUT2D eigenvalue weighted by atomic mass is 9.95. The van der Waals surface area contributed by atoms with E-state index in [1.807, 2.05) is 30.3 Å². The number of fused-ring (bicyclic) bond motifs is 4. The van der Waals surface area contributed by atoms with Crippen LogP contribution in [-0.4, -0.2) is 28.0 Å². The highest BCUT2D eigenvalue weighted by atomic mass is 16.2. The van der Waals surface area contributed by atoms with Crippen molar-refractivity contribution in [2.75, 3.05) is 11.4 Å². The summed E-state index contributed by atoms with van der Waals surface area (Å²) in [4.78, 5) is 19.7. The normalized spacial score (nSPS) is 21.0. The van der Waals surface area contributed by atoms with E-state index in [9.17, 15) is 10.1 Å². The van der Waals surface area contributed by atoms with E-state index in [2.05, 4.69) is 41.1 Å². The lowest BCUT2D eigenvalue weighted by molar-refractivity contribution is 0.0964. The maximum absolute atomic E-state index is 12.9. The monoisotopic (exact) mass is 354 g/mol. The number of carbonyl (C=O) groups excluding carboxylic acids is 1. The summed E-state index contributed by atoms with van der Waals surface area (Å²) in [6.45, 7) is 2.74. The molecule has 0 amide bonds. The number of anilines is 1. The molecule has 0 fully saturated rings. The molecular formula is C22H18N4O. The van der Waals surface area contributed by atoms with E-state index in [0.717, 1.165) is 23.0 Å². The number of nitrogens with zero attached hydrogens (tertiary/aromatic N) is 4. The number of benzene rings is 2. The summed E-state index contributed by atoms with van der Waals surface area (Å²) in [5.41, 5.74) is 4.82. The van der Waals surface area contributed by atoms with Gasteiger partial charge in [-0.1, -0.05) is 30.3 Å². The highest BCUT2D eigenvalue weighted by Gasteiger charge is 2.34. The Bertz CT molecular complexity index is 1150. The summed E-state index contributed by atoms with van der Waals surface area (Å²) < 4.78 is 1.58. The number of para-hydroxylation sites is 3. The number of carbonyl (C=O) groups is 1. The molecule has 0 bridgehead atoms. The molecule has 1 aromatic heterocycles. The van der Waals surface area contributed by atoms with E-state index in [0.29, 0.717) is 18.4 Å². The van der Waals surface area contributed by atoms with Gasteiger partial charge in [0.2, 0.25) is 0 Å². The van der Waals surface area contributed by atoms with Crippen molar-refractivity contribution in [3.8, 4) is 6.07 Å². The zero-order chi connectivity index (χ0) is 18.5. The van der Waals surface area contributed by atoms with Crippen molar-refractivity contribution in [1.82, 2.24) is 9.55 Å². The Morgan fingerprint density at radius 3 is 2.81 bits per heavy atom. The van der Waals surface area contributed by atoms with Gasteiger partial charge in [-0.05, 0) is 42.7 Å². The highest BCUT2D eigenvalue weighted by molar-refractivity contribution is 5.99. The molecule has 0 radical (unpaired) electrons. The van der Waals surface area contributed by atoms with E-state index >= 15 is 0 Å². The van der Waals surface area contributed by atoms with Gasteiger partial charge in [0.15, 0.2) is 0 Å². The van der Waals surface area contributed by atoms with Crippen LogP contribution in [0.1, 0.15) is 29.0 Å². The lowest BCUT2D eigenvalue weighted by Crippen LogP contribution is -2.34. The molecular weight excluding hydrogens is 336 g/mol. The van der Waals surface area contributed by atoms with Crippen LogP contribution in [0.4, 0.5) is 5.69 Å². The van der Waals surface area contributed by atoms with Gasteiger partial charge in [-0.2, -0.15) is 5.26 Å². The summed E-state index contributed by atoms with van der Waals surface area (Å²) in [5, 5.41) is 9.88. The Hall–Kier alpha value is -3.39. The fourth-order valence-electron chi connectivity index (χ4n) is 4.29. The first-order chi connectivity index (χ1) is 13.2. The Labute approximate surface area is 157 Å². The molecule has 0 spiro atoms. The van der Waals surface area contributed by atoms with Crippen molar-refractivity contribution in [1.29, 1.82) is 5.26 Å². The Morgan fingerprint density at radius 2 is 1.96 bits per heavy atom. The maximum atomic E-state index is 12.9. The summed E-state index contributed by atoms with van der Waals surface area (Å²) in [7, 11) is 0. The van der Waals surface area contributed by atoms with Crippen molar-refractivity contribution < 1.29 is 4.79 Å². The predicted molar refractivity (Wildman–Crippen MR) is 104 cm³/mol. The van der Waals surface area contributed by atoms with Gasteiger partial charge in [-0.15, -0.1) is 0 Å². The van der Waals surface area contributed by atoms with E-state index in [4.69, 9.17) is 0 Å². The first kappa shape index (κ1) is 15.8. The molecule has 2 atom stereocenters. The summed E-state index contributed by atoms with van der Waals surface area (Å²) in [5.74, 6) is -0.114. The predicted octanol–water partition coefficient (Wildman–Crippen LogP) is 3.67. The Kier molecular flexibility index (Phi) is 3.41. The molecule has 0 N–H and O–H groups in total. The smallest absolute Gasteiger partial charge is 0.256 e. The molecule has 3 heterocycles. The Balaban J connectivity index is 1.57. The standard InChI is InChI=1S/C22H18N4O/c1-14-10-15-6-2-4-8-19(15)25(14)13-16-11-21(27)26-20-9-5-3-7-18(20)24-22(26)17(16)12-23/h2-9,11,14,17H,10,13H2,1H3/t14-,17-/m0/s1. The van der Waals surface area contributed by atoms with Crippen LogP contribution in [0.2, 0.25) is 0 Å². The second-order valence-electron chi connectivity index (χ2n) is 7.22. The number of hydrogen-bond donors (Lipinski definition) is 0. The number of nitriles is 1. The third-order valence-electron chi connectivity index (χ3n) is 5.58. The molecule has 0 unspecified atom stereocenters. The van der Waals surface area contributed by atoms with Crippen LogP contribution in [0.3, 0.4) is 0 Å². The van der Waals surface area contributed by atoms with E-state index in [1.54, 1.807) is 10.6 Å². The summed E-state index contributed by atoms with van der Waals surface area (Å²) >= 11 is 0. The largest absolute Gasteiger partial charge is 0.364 e. The number of imidazole rings is 1. The van der Waals surface area contributed by atoms with Gasteiger partial charge < -0.3 is 4.90 Å². The van der Waals surface area contributed by atoms with E-state index < -0.39 is 5.92 Å². The van der Waals surface area contributed by atoms with Gasteiger partial charge in [0.05, 0.1) is 17.1 Å². The topological polar surface area (TPSA) is 61.9 Å². The number of hydrogen-bond acceptors (Lipinski definition) is 4. The quantitative estimate of drug-likeness (QED) is 0.704. The molecule has 2 aromatic carbocycles. The third-order valence-corrected chi connectivity index (χ3v) is 5.58. The average molecular weight is 354 g/mol. The zero-order valence-corrected chi connectivity index (χ0v) is 15.0.